The Kier molecular flexibility index (Phi) is 6.82. The van der Waals surface area contributed by atoms with E-state index in [9.17, 15) is 0 Å². The van der Waals surface area contributed by atoms with Crippen LogP contribution in [-0.2, 0) is 25.0 Å². The molecule has 0 saturated heterocycles. The van der Waals surface area contributed by atoms with Crippen LogP contribution in [0.5, 0.6) is 11.5 Å². The van der Waals surface area contributed by atoms with E-state index in [1.165, 1.54) is 0 Å². The second-order valence-electron chi connectivity index (χ2n) is 5.86. The fourth-order valence-electron chi connectivity index (χ4n) is 2.63. The van der Waals surface area contributed by atoms with Crippen molar-refractivity contribution >= 4 is 23.2 Å². The van der Waals surface area contributed by atoms with Crippen LogP contribution in [0.3, 0.4) is 0 Å². The molecule has 0 fully saturated rings. The van der Waals surface area contributed by atoms with Gasteiger partial charge in [-0.15, -0.1) is 23.2 Å². The Morgan fingerprint density at radius 3 is 1.27 bits per heavy atom. The lowest BCUT2D eigenvalue weighted by molar-refractivity contribution is 0.252. The van der Waals surface area contributed by atoms with E-state index < -0.39 is 0 Å². The van der Waals surface area contributed by atoms with Gasteiger partial charge in [0.25, 0.3) is 0 Å². The molecule has 134 valence electrons. The first-order valence-corrected chi connectivity index (χ1v) is 9.49. The number of rotatable bonds is 8. The van der Waals surface area contributed by atoms with E-state index >= 15 is 0 Å². The SMILES string of the molecule is ClCc1ccc(CCl)c(OCc2ccccc2)c1OCc1ccccc1. The Hall–Kier alpha value is -2.16. The maximum Gasteiger partial charge on any atom is 0.166 e. The molecule has 3 aromatic carbocycles. The molecule has 0 aliphatic carbocycles. The molecule has 0 unspecified atom stereocenters. The standard InChI is InChI=1S/C22H20Cl2O2/c23-13-19-11-12-20(14-24)22(26-16-18-9-5-2-6-10-18)21(19)25-15-17-7-3-1-4-8-17/h1-12H,13-16H2. The number of benzene rings is 3. The summed E-state index contributed by atoms with van der Waals surface area (Å²) in [5.74, 6) is 2.01. The summed E-state index contributed by atoms with van der Waals surface area (Å²) in [6.07, 6.45) is 0. The van der Waals surface area contributed by atoms with Gasteiger partial charge in [0.15, 0.2) is 11.5 Å². The summed E-state index contributed by atoms with van der Waals surface area (Å²) in [4.78, 5) is 0. The molecule has 0 aromatic heterocycles. The highest BCUT2D eigenvalue weighted by molar-refractivity contribution is 6.18. The molecule has 0 aliphatic heterocycles. The fraction of sp³-hybridized carbons (Fsp3) is 0.182. The molecule has 0 spiro atoms. The highest BCUT2D eigenvalue weighted by Gasteiger charge is 2.16. The molecular formula is C22H20Cl2O2. The van der Waals surface area contributed by atoms with Crippen LogP contribution in [0.4, 0.5) is 0 Å². The van der Waals surface area contributed by atoms with Crippen molar-refractivity contribution in [3.63, 3.8) is 0 Å². The van der Waals surface area contributed by atoms with Crippen molar-refractivity contribution in [3.05, 3.63) is 95.1 Å². The van der Waals surface area contributed by atoms with Crippen LogP contribution in [0.25, 0.3) is 0 Å². The lowest BCUT2D eigenvalue weighted by Crippen LogP contribution is -2.05. The third kappa shape index (κ3) is 4.72. The molecule has 3 rings (SSSR count). The number of hydrogen-bond acceptors (Lipinski definition) is 2. The molecule has 0 N–H and O–H groups in total. The van der Waals surface area contributed by atoms with E-state index in [0.29, 0.717) is 36.5 Å². The Bertz CT molecular complexity index is 750. The molecule has 0 radical (unpaired) electrons. The van der Waals surface area contributed by atoms with Crippen molar-refractivity contribution in [1.29, 1.82) is 0 Å². The molecule has 2 nitrogen and oxygen atoms in total. The summed E-state index contributed by atoms with van der Waals surface area (Å²) in [6, 6.07) is 23.9. The van der Waals surface area contributed by atoms with Crippen molar-refractivity contribution in [2.24, 2.45) is 0 Å². The summed E-state index contributed by atoms with van der Waals surface area (Å²) in [5.41, 5.74) is 3.94. The van der Waals surface area contributed by atoms with Gasteiger partial charge in [0.1, 0.15) is 13.2 Å². The van der Waals surface area contributed by atoms with Crippen LogP contribution in [0, 0.1) is 0 Å². The van der Waals surface area contributed by atoms with Gasteiger partial charge in [0, 0.05) is 11.1 Å². The number of ether oxygens (including phenoxy) is 2. The Balaban J connectivity index is 1.86. The minimum atomic E-state index is 0.342. The first kappa shape index (κ1) is 18.6. The second kappa shape index (κ2) is 9.51. The predicted molar refractivity (Wildman–Crippen MR) is 107 cm³/mol. The van der Waals surface area contributed by atoms with E-state index in [4.69, 9.17) is 32.7 Å². The highest BCUT2D eigenvalue weighted by Crippen LogP contribution is 2.38. The molecule has 0 bridgehead atoms. The number of alkyl halides is 2. The summed E-state index contributed by atoms with van der Waals surface area (Å²) < 4.78 is 12.2. The molecule has 0 amide bonds. The van der Waals surface area contributed by atoms with Gasteiger partial charge in [0.05, 0.1) is 11.8 Å². The zero-order chi connectivity index (χ0) is 18.2. The van der Waals surface area contributed by atoms with Gasteiger partial charge < -0.3 is 9.47 Å². The lowest BCUT2D eigenvalue weighted by atomic mass is 10.1. The van der Waals surface area contributed by atoms with Crippen molar-refractivity contribution < 1.29 is 9.47 Å². The van der Waals surface area contributed by atoms with Gasteiger partial charge >= 0.3 is 0 Å². The summed E-state index contributed by atoms with van der Waals surface area (Å²) in [6.45, 7) is 0.885. The first-order valence-electron chi connectivity index (χ1n) is 8.42. The van der Waals surface area contributed by atoms with E-state index in [-0.39, 0.29) is 0 Å². The van der Waals surface area contributed by atoms with Crippen LogP contribution in [0.2, 0.25) is 0 Å². The average molecular weight is 387 g/mol. The van der Waals surface area contributed by atoms with Crippen LogP contribution in [-0.4, -0.2) is 0 Å². The molecule has 0 atom stereocenters. The minimum absolute atomic E-state index is 0.342. The maximum absolute atomic E-state index is 6.13. The molecule has 0 heterocycles. The first-order chi connectivity index (χ1) is 12.8. The third-order valence-corrected chi connectivity index (χ3v) is 4.59. The van der Waals surface area contributed by atoms with Crippen LogP contribution in [0.1, 0.15) is 22.3 Å². The van der Waals surface area contributed by atoms with Crippen molar-refractivity contribution in [3.8, 4) is 11.5 Å². The van der Waals surface area contributed by atoms with E-state index in [2.05, 4.69) is 0 Å². The van der Waals surface area contributed by atoms with Gasteiger partial charge in [-0.1, -0.05) is 72.8 Å². The zero-order valence-corrected chi connectivity index (χ0v) is 15.8. The number of hydrogen-bond donors (Lipinski definition) is 0. The predicted octanol–water partition coefficient (Wildman–Crippen LogP) is 6.32. The second-order valence-corrected chi connectivity index (χ2v) is 6.39. The van der Waals surface area contributed by atoms with Crippen molar-refractivity contribution in [2.75, 3.05) is 0 Å². The van der Waals surface area contributed by atoms with Crippen LogP contribution in [0.15, 0.2) is 72.8 Å². The third-order valence-electron chi connectivity index (χ3n) is 4.02. The quantitative estimate of drug-likeness (QED) is 0.421. The van der Waals surface area contributed by atoms with E-state index in [1.54, 1.807) is 0 Å². The normalized spacial score (nSPS) is 10.5. The number of halogens is 2. The molecule has 4 heteroatoms. The monoisotopic (exact) mass is 386 g/mol. The zero-order valence-electron chi connectivity index (χ0n) is 14.3. The maximum atomic E-state index is 6.13. The minimum Gasteiger partial charge on any atom is -0.485 e. The Morgan fingerprint density at radius 2 is 0.923 bits per heavy atom. The summed E-state index contributed by atoms with van der Waals surface area (Å²) in [7, 11) is 0. The van der Waals surface area contributed by atoms with Crippen LogP contribution < -0.4 is 9.47 Å². The fourth-order valence-corrected chi connectivity index (χ4v) is 3.05. The summed E-state index contributed by atoms with van der Waals surface area (Å²) in [5, 5.41) is 0. The van der Waals surface area contributed by atoms with Crippen LogP contribution >= 0.6 is 23.2 Å². The van der Waals surface area contributed by atoms with Gasteiger partial charge in [-0.2, -0.15) is 0 Å². The Labute approximate surface area is 164 Å². The van der Waals surface area contributed by atoms with E-state index in [1.807, 2.05) is 72.8 Å². The molecule has 0 saturated carbocycles. The van der Waals surface area contributed by atoms with Gasteiger partial charge in [-0.05, 0) is 11.1 Å². The van der Waals surface area contributed by atoms with Gasteiger partial charge in [0.2, 0.25) is 0 Å². The largest absolute Gasteiger partial charge is 0.485 e. The summed E-state index contributed by atoms with van der Waals surface area (Å²) >= 11 is 12.3. The lowest BCUT2D eigenvalue weighted by Gasteiger charge is -2.18. The molecule has 3 aromatic rings. The molecular weight excluding hydrogens is 367 g/mol. The highest BCUT2D eigenvalue weighted by atomic mass is 35.5. The average Bonchev–Trinajstić information content (AvgIpc) is 2.71. The Morgan fingerprint density at radius 1 is 0.538 bits per heavy atom. The van der Waals surface area contributed by atoms with E-state index in [0.717, 1.165) is 22.3 Å². The smallest absolute Gasteiger partial charge is 0.166 e. The van der Waals surface area contributed by atoms with Gasteiger partial charge in [-0.3, -0.25) is 0 Å². The van der Waals surface area contributed by atoms with Crippen molar-refractivity contribution in [1.82, 2.24) is 0 Å². The van der Waals surface area contributed by atoms with Gasteiger partial charge in [-0.25, -0.2) is 0 Å². The topological polar surface area (TPSA) is 18.5 Å². The molecule has 0 aliphatic rings. The van der Waals surface area contributed by atoms with Crippen molar-refractivity contribution in [2.45, 2.75) is 25.0 Å². The molecule has 26 heavy (non-hydrogen) atoms.